The number of aromatic carboxylic acids is 1. The van der Waals surface area contributed by atoms with Crippen molar-refractivity contribution in [2.75, 3.05) is 11.9 Å². The summed E-state index contributed by atoms with van der Waals surface area (Å²) in [4.78, 5) is 27.8. The van der Waals surface area contributed by atoms with Gasteiger partial charge in [0.05, 0.1) is 24.3 Å². The Bertz CT molecular complexity index is 1100. The summed E-state index contributed by atoms with van der Waals surface area (Å²) in [7, 11) is 0. The van der Waals surface area contributed by atoms with Crippen LogP contribution in [0.3, 0.4) is 0 Å². The molecule has 0 atom stereocenters. The van der Waals surface area contributed by atoms with Crippen LogP contribution in [0.1, 0.15) is 22.3 Å². The topological polar surface area (TPSA) is 97.8 Å². The molecule has 0 saturated carbocycles. The van der Waals surface area contributed by atoms with Crippen molar-refractivity contribution in [3.8, 4) is 17.4 Å². The Labute approximate surface area is 193 Å². The zero-order valence-electron chi connectivity index (χ0n) is 17.1. The van der Waals surface area contributed by atoms with Gasteiger partial charge in [0.1, 0.15) is 11.5 Å². The highest BCUT2D eigenvalue weighted by Gasteiger charge is 2.12. The van der Waals surface area contributed by atoms with E-state index in [0.29, 0.717) is 23.8 Å². The van der Waals surface area contributed by atoms with Crippen LogP contribution in [-0.2, 0) is 11.2 Å². The number of halogens is 1. The van der Waals surface area contributed by atoms with Crippen molar-refractivity contribution in [1.82, 2.24) is 4.98 Å². The van der Waals surface area contributed by atoms with Gasteiger partial charge >= 0.3 is 5.97 Å². The minimum atomic E-state index is -1.10. The number of aromatic nitrogens is 1. The molecule has 0 aliphatic carbocycles. The molecule has 3 rings (SSSR count). The second-order valence-electron chi connectivity index (χ2n) is 6.77. The molecular formula is C24H21BrN2O5. The van der Waals surface area contributed by atoms with Crippen LogP contribution < -0.4 is 14.8 Å². The van der Waals surface area contributed by atoms with Gasteiger partial charge in [0.2, 0.25) is 11.8 Å². The van der Waals surface area contributed by atoms with Gasteiger partial charge in [0, 0.05) is 18.7 Å². The Hall–Kier alpha value is -3.65. The first-order valence-corrected chi connectivity index (χ1v) is 10.5. The largest absolute Gasteiger partial charge is 0.493 e. The molecule has 2 aromatic carbocycles. The molecule has 2 N–H and O–H groups in total. The second kappa shape index (κ2) is 11.1. The van der Waals surface area contributed by atoms with E-state index < -0.39 is 5.97 Å². The van der Waals surface area contributed by atoms with Crippen LogP contribution >= 0.6 is 15.9 Å². The van der Waals surface area contributed by atoms with E-state index in [-0.39, 0.29) is 23.6 Å². The van der Waals surface area contributed by atoms with Gasteiger partial charge in [-0.05, 0) is 46.4 Å². The normalized spacial score (nSPS) is 10.3. The van der Waals surface area contributed by atoms with Crippen LogP contribution in [0.15, 0.2) is 77.9 Å². The van der Waals surface area contributed by atoms with E-state index in [2.05, 4.69) is 32.8 Å². The average molecular weight is 497 g/mol. The molecule has 8 heteroatoms. The molecule has 0 spiro atoms. The van der Waals surface area contributed by atoms with Gasteiger partial charge in [-0.15, -0.1) is 0 Å². The number of rotatable bonds is 10. The third-order valence-corrected chi connectivity index (χ3v) is 4.68. The summed E-state index contributed by atoms with van der Waals surface area (Å²) < 4.78 is 12.2. The Morgan fingerprint density at radius 2 is 1.75 bits per heavy atom. The van der Waals surface area contributed by atoms with Gasteiger partial charge in [-0.2, -0.15) is 0 Å². The fourth-order valence-corrected chi connectivity index (χ4v) is 2.90. The first-order valence-electron chi connectivity index (χ1n) is 9.72. The number of benzene rings is 2. The molecule has 1 amide bonds. The standard InChI is InChI=1S/C24H21BrN2O5/c1-16(25)12-13-31-18-7-9-19(10-8-18)32-23-11-6-17(15-26-23)14-22(28)27-21-5-3-2-4-20(21)24(29)30/h2-11,15H,1,12-14H2,(H,27,28)(H,29,30). The van der Waals surface area contributed by atoms with Crippen molar-refractivity contribution < 1.29 is 24.2 Å². The second-order valence-corrected chi connectivity index (χ2v) is 7.89. The summed E-state index contributed by atoms with van der Waals surface area (Å²) in [6, 6.07) is 16.8. The third-order valence-electron chi connectivity index (χ3n) is 4.28. The van der Waals surface area contributed by atoms with Crippen LogP contribution in [0, 0.1) is 0 Å². The van der Waals surface area contributed by atoms with Crippen molar-refractivity contribution >= 4 is 33.5 Å². The number of carboxylic acid groups (broad SMARTS) is 1. The van der Waals surface area contributed by atoms with Crippen molar-refractivity contribution in [2.45, 2.75) is 12.8 Å². The number of nitrogens with one attached hydrogen (secondary N) is 1. The summed E-state index contributed by atoms with van der Waals surface area (Å²) in [6.07, 6.45) is 2.31. The van der Waals surface area contributed by atoms with Crippen LogP contribution in [0.2, 0.25) is 0 Å². The summed E-state index contributed by atoms with van der Waals surface area (Å²) in [5.74, 6) is 0.270. The van der Waals surface area contributed by atoms with Crippen molar-refractivity contribution in [3.05, 3.63) is 89.0 Å². The molecule has 0 bridgehead atoms. The number of nitrogens with zero attached hydrogens (tertiary/aromatic N) is 1. The highest BCUT2D eigenvalue weighted by Crippen LogP contribution is 2.23. The third kappa shape index (κ3) is 6.95. The summed E-state index contributed by atoms with van der Waals surface area (Å²) in [5.41, 5.74) is 0.954. The molecule has 0 fully saturated rings. The highest BCUT2D eigenvalue weighted by molar-refractivity contribution is 9.11. The highest BCUT2D eigenvalue weighted by atomic mass is 79.9. The summed E-state index contributed by atoms with van der Waals surface area (Å²) in [6.45, 7) is 4.29. The van der Waals surface area contributed by atoms with Crippen molar-refractivity contribution in [3.63, 3.8) is 0 Å². The molecule has 0 aliphatic heterocycles. The van der Waals surface area contributed by atoms with Gasteiger partial charge in [-0.1, -0.05) is 40.7 Å². The maximum atomic E-state index is 12.3. The number of hydrogen-bond donors (Lipinski definition) is 2. The Morgan fingerprint density at radius 1 is 1.03 bits per heavy atom. The number of ether oxygens (including phenoxy) is 2. The van der Waals surface area contributed by atoms with Crippen LogP contribution in [0.4, 0.5) is 5.69 Å². The Balaban J connectivity index is 1.53. The molecule has 3 aromatic rings. The molecule has 1 heterocycles. The number of carboxylic acids is 1. The fourth-order valence-electron chi connectivity index (χ4n) is 2.74. The molecule has 0 unspecified atom stereocenters. The number of anilines is 1. The predicted molar refractivity (Wildman–Crippen MR) is 125 cm³/mol. The number of para-hydroxylation sites is 1. The number of carbonyl (C=O) groups is 2. The maximum Gasteiger partial charge on any atom is 0.337 e. The van der Waals surface area contributed by atoms with E-state index in [9.17, 15) is 14.7 Å². The number of pyridine rings is 1. The van der Waals surface area contributed by atoms with Crippen molar-refractivity contribution in [1.29, 1.82) is 0 Å². The lowest BCUT2D eigenvalue weighted by atomic mass is 10.1. The first-order chi connectivity index (χ1) is 15.4. The van der Waals surface area contributed by atoms with Gasteiger partial charge in [-0.25, -0.2) is 9.78 Å². The minimum absolute atomic E-state index is 0.0349. The average Bonchev–Trinajstić information content (AvgIpc) is 2.76. The van der Waals surface area contributed by atoms with E-state index in [1.54, 1.807) is 60.8 Å². The lowest BCUT2D eigenvalue weighted by molar-refractivity contribution is -0.115. The molecule has 32 heavy (non-hydrogen) atoms. The van der Waals surface area contributed by atoms with Gasteiger partial charge < -0.3 is 19.9 Å². The monoisotopic (exact) mass is 496 g/mol. The molecule has 7 nitrogen and oxygen atoms in total. The van der Waals surface area contributed by atoms with Gasteiger partial charge in [0.25, 0.3) is 0 Å². The van der Waals surface area contributed by atoms with Gasteiger partial charge in [-0.3, -0.25) is 4.79 Å². The molecule has 0 saturated heterocycles. The molecular weight excluding hydrogens is 476 g/mol. The van der Waals surface area contributed by atoms with E-state index >= 15 is 0 Å². The first kappa shape index (κ1) is 23.0. The van der Waals surface area contributed by atoms with E-state index in [1.807, 2.05) is 0 Å². The van der Waals surface area contributed by atoms with Crippen LogP contribution in [-0.4, -0.2) is 28.6 Å². The Kier molecular flexibility index (Phi) is 7.99. The van der Waals surface area contributed by atoms with Crippen LogP contribution in [0.5, 0.6) is 17.4 Å². The fraction of sp³-hybridized carbons (Fsp3) is 0.125. The predicted octanol–water partition coefficient (Wildman–Crippen LogP) is 5.43. The smallest absolute Gasteiger partial charge is 0.337 e. The maximum absolute atomic E-state index is 12.3. The van der Waals surface area contributed by atoms with Gasteiger partial charge in [0.15, 0.2) is 0 Å². The van der Waals surface area contributed by atoms with Crippen molar-refractivity contribution in [2.24, 2.45) is 0 Å². The summed E-state index contributed by atoms with van der Waals surface area (Å²) in [5, 5.41) is 11.8. The summed E-state index contributed by atoms with van der Waals surface area (Å²) >= 11 is 3.29. The number of hydrogen-bond acceptors (Lipinski definition) is 5. The Morgan fingerprint density at radius 3 is 2.41 bits per heavy atom. The van der Waals surface area contributed by atoms with Crippen LogP contribution in [0.25, 0.3) is 0 Å². The minimum Gasteiger partial charge on any atom is -0.493 e. The number of amides is 1. The molecule has 0 aliphatic rings. The lowest BCUT2D eigenvalue weighted by Crippen LogP contribution is -2.16. The molecule has 1 aromatic heterocycles. The quantitative estimate of drug-likeness (QED) is 0.388. The number of carbonyl (C=O) groups excluding carboxylic acids is 1. The van der Waals surface area contributed by atoms with E-state index in [1.165, 1.54) is 6.07 Å². The molecule has 0 radical (unpaired) electrons. The lowest BCUT2D eigenvalue weighted by Gasteiger charge is -2.09. The zero-order chi connectivity index (χ0) is 22.9. The zero-order valence-corrected chi connectivity index (χ0v) is 18.7. The molecule has 164 valence electrons. The SMILES string of the molecule is C=C(Br)CCOc1ccc(Oc2ccc(CC(=O)Nc3ccccc3C(=O)O)cn2)cc1. The van der Waals surface area contributed by atoms with E-state index in [4.69, 9.17) is 9.47 Å². The van der Waals surface area contributed by atoms with E-state index in [0.717, 1.165) is 16.7 Å².